The van der Waals surface area contributed by atoms with Crippen LogP contribution in [0.25, 0.3) is 0 Å². The number of aromatic amines is 1. The van der Waals surface area contributed by atoms with Crippen LogP contribution in [0.2, 0.25) is 0 Å². The molecule has 0 radical (unpaired) electrons. The second-order valence-corrected chi connectivity index (χ2v) is 5.75. The molecular weight excluding hydrogens is 296 g/mol. The van der Waals surface area contributed by atoms with Crippen molar-refractivity contribution in [3.05, 3.63) is 21.7 Å². The first-order chi connectivity index (χ1) is 10.1. The first-order valence-corrected chi connectivity index (χ1v) is 7.76. The molecule has 0 saturated carbocycles. The van der Waals surface area contributed by atoms with Crippen molar-refractivity contribution in [3.63, 3.8) is 0 Å². The molecule has 0 amide bonds. The van der Waals surface area contributed by atoms with E-state index >= 15 is 0 Å². The summed E-state index contributed by atoms with van der Waals surface area (Å²) in [6, 6.07) is 0. The number of thioether (sulfide) groups is 1. The molecule has 7 nitrogen and oxygen atoms in total. The molecule has 8 heteroatoms. The summed E-state index contributed by atoms with van der Waals surface area (Å²) in [5.74, 6) is -0.592. The molecule has 1 unspecified atom stereocenters. The smallest absolute Gasteiger partial charge is 0.346 e. The highest BCUT2D eigenvalue weighted by Gasteiger charge is 2.18. The van der Waals surface area contributed by atoms with Crippen molar-refractivity contribution in [2.45, 2.75) is 37.5 Å². The predicted octanol–water partition coefficient (Wildman–Crippen LogP) is 1.41. The number of nitrogens with one attached hydrogen (secondary N) is 1. The summed E-state index contributed by atoms with van der Waals surface area (Å²) in [5, 5.41) is 9.39. The van der Waals surface area contributed by atoms with Gasteiger partial charge in [0.15, 0.2) is 6.29 Å². The number of hydrogen-bond donors (Lipinski definition) is 2. The van der Waals surface area contributed by atoms with Gasteiger partial charge in [0.1, 0.15) is 10.6 Å². The number of carbonyl (C=O) groups is 1. The molecule has 0 bridgehead atoms. The largest absolute Gasteiger partial charge is 0.478 e. The number of nitrogens with zero attached hydrogens (tertiary/aromatic N) is 1. The van der Waals surface area contributed by atoms with E-state index in [1.54, 1.807) is 6.92 Å². The van der Waals surface area contributed by atoms with E-state index in [9.17, 15) is 14.7 Å². The van der Waals surface area contributed by atoms with Crippen LogP contribution in [0.15, 0.2) is 9.82 Å². The molecular formula is C13H18N2O5S. The molecule has 1 aromatic rings. The fraction of sp³-hybridized carbons (Fsp3) is 0.615. The monoisotopic (exact) mass is 314 g/mol. The van der Waals surface area contributed by atoms with Crippen LogP contribution in [0, 0.1) is 6.92 Å². The topological polar surface area (TPSA) is 102 Å². The zero-order valence-electron chi connectivity index (χ0n) is 11.8. The number of ether oxygens (including phenoxy) is 2. The Morgan fingerprint density at radius 3 is 3.05 bits per heavy atom. The fourth-order valence-corrected chi connectivity index (χ4v) is 2.98. The number of H-pyrrole nitrogens is 1. The van der Waals surface area contributed by atoms with Crippen molar-refractivity contribution < 1.29 is 19.4 Å². The molecule has 0 aliphatic carbocycles. The molecule has 116 valence electrons. The summed E-state index contributed by atoms with van der Waals surface area (Å²) in [6.07, 6.45) is 2.86. The average molecular weight is 314 g/mol. The van der Waals surface area contributed by atoms with Gasteiger partial charge in [0.25, 0.3) is 0 Å². The Labute approximate surface area is 126 Å². The van der Waals surface area contributed by atoms with Crippen molar-refractivity contribution >= 4 is 17.7 Å². The van der Waals surface area contributed by atoms with E-state index in [2.05, 4.69) is 9.97 Å². The molecule has 1 atom stereocenters. The van der Waals surface area contributed by atoms with Crippen LogP contribution in [0.5, 0.6) is 0 Å². The van der Waals surface area contributed by atoms with Gasteiger partial charge in [-0.1, -0.05) is 0 Å². The van der Waals surface area contributed by atoms with Gasteiger partial charge in [0.05, 0.1) is 6.61 Å². The summed E-state index contributed by atoms with van der Waals surface area (Å²) in [6.45, 7) is 2.68. The molecule has 2 heterocycles. The van der Waals surface area contributed by atoms with E-state index in [0.29, 0.717) is 18.1 Å². The van der Waals surface area contributed by atoms with E-state index in [1.165, 1.54) is 11.8 Å². The quantitative estimate of drug-likeness (QED) is 0.465. The van der Waals surface area contributed by atoms with Crippen LogP contribution in [-0.2, 0) is 9.47 Å². The lowest BCUT2D eigenvalue weighted by molar-refractivity contribution is -0.158. The van der Waals surface area contributed by atoms with Gasteiger partial charge in [-0.05, 0) is 26.2 Å². The minimum Gasteiger partial charge on any atom is -0.478 e. The van der Waals surface area contributed by atoms with Crippen molar-refractivity contribution in [1.29, 1.82) is 0 Å². The van der Waals surface area contributed by atoms with E-state index in [-0.39, 0.29) is 16.9 Å². The van der Waals surface area contributed by atoms with Crippen LogP contribution in [0.4, 0.5) is 0 Å². The van der Waals surface area contributed by atoms with Crippen LogP contribution in [0.1, 0.15) is 35.3 Å². The Bertz CT molecular complexity index is 554. The van der Waals surface area contributed by atoms with Crippen LogP contribution in [0.3, 0.4) is 0 Å². The number of carboxylic acid groups (broad SMARTS) is 1. The second-order valence-electron chi connectivity index (χ2n) is 4.67. The molecule has 1 aliphatic heterocycles. The molecule has 1 aliphatic rings. The number of aromatic nitrogens is 2. The van der Waals surface area contributed by atoms with Gasteiger partial charge >= 0.3 is 11.7 Å². The molecule has 21 heavy (non-hydrogen) atoms. The number of carboxylic acids is 1. The molecule has 1 aromatic heterocycles. The van der Waals surface area contributed by atoms with E-state index in [0.717, 1.165) is 25.9 Å². The molecule has 0 aromatic carbocycles. The number of rotatable bonds is 6. The summed E-state index contributed by atoms with van der Waals surface area (Å²) in [7, 11) is 0. The van der Waals surface area contributed by atoms with E-state index in [4.69, 9.17) is 9.47 Å². The molecule has 1 saturated heterocycles. The molecule has 2 N–H and O–H groups in total. The second kappa shape index (κ2) is 7.58. The van der Waals surface area contributed by atoms with Crippen molar-refractivity contribution in [3.8, 4) is 0 Å². The minimum absolute atomic E-state index is 0.0357. The van der Waals surface area contributed by atoms with Gasteiger partial charge in [0.2, 0.25) is 0 Å². The predicted molar refractivity (Wildman–Crippen MR) is 76.8 cm³/mol. The zero-order chi connectivity index (χ0) is 15.2. The SMILES string of the molecule is Cc1[nH]c(=O)nc(SCCOC2CCCCO2)c1C(=O)O. The highest BCUT2D eigenvalue weighted by atomic mass is 32.2. The van der Waals surface area contributed by atoms with Gasteiger partial charge in [-0.2, -0.15) is 4.98 Å². The van der Waals surface area contributed by atoms with Gasteiger partial charge < -0.3 is 19.6 Å². The van der Waals surface area contributed by atoms with Gasteiger partial charge in [-0.3, -0.25) is 0 Å². The maximum Gasteiger partial charge on any atom is 0.346 e. The maximum absolute atomic E-state index is 11.3. The average Bonchev–Trinajstić information content (AvgIpc) is 2.43. The Hall–Kier alpha value is -1.38. The van der Waals surface area contributed by atoms with Crippen molar-refractivity contribution in [2.75, 3.05) is 19.0 Å². The normalized spacial score (nSPS) is 18.6. The van der Waals surface area contributed by atoms with Crippen molar-refractivity contribution in [1.82, 2.24) is 9.97 Å². The third-order valence-corrected chi connectivity index (χ3v) is 4.00. The molecule has 2 rings (SSSR count). The first kappa shape index (κ1) is 16.0. The summed E-state index contributed by atoms with van der Waals surface area (Å²) in [4.78, 5) is 28.7. The summed E-state index contributed by atoms with van der Waals surface area (Å²) < 4.78 is 11.0. The van der Waals surface area contributed by atoms with Crippen LogP contribution in [-0.4, -0.2) is 46.3 Å². The number of aromatic carboxylic acids is 1. The molecule has 0 spiro atoms. The van der Waals surface area contributed by atoms with Crippen LogP contribution >= 0.6 is 11.8 Å². The Kier molecular flexibility index (Phi) is 5.77. The highest BCUT2D eigenvalue weighted by molar-refractivity contribution is 7.99. The van der Waals surface area contributed by atoms with E-state index < -0.39 is 11.7 Å². The van der Waals surface area contributed by atoms with Gasteiger partial charge in [0, 0.05) is 18.1 Å². The summed E-state index contributed by atoms with van der Waals surface area (Å²) >= 11 is 1.20. The number of hydrogen-bond acceptors (Lipinski definition) is 6. The lowest BCUT2D eigenvalue weighted by Gasteiger charge is -2.22. The van der Waals surface area contributed by atoms with Gasteiger partial charge in [-0.15, -0.1) is 11.8 Å². The molecule has 1 fully saturated rings. The maximum atomic E-state index is 11.3. The van der Waals surface area contributed by atoms with Crippen molar-refractivity contribution in [2.24, 2.45) is 0 Å². The highest BCUT2D eigenvalue weighted by Crippen LogP contribution is 2.21. The standard InChI is InChI=1S/C13H18N2O5S/c1-8-10(12(16)17)11(15-13(18)14-8)21-7-6-20-9-4-2-3-5-19-9/h9H,2-7H2,1H3,(H,16,17)(H,14,15,18). The minimum atomic E-state index is -1.10. The fourth-order valence-electron chi connectivity index (χ4n) is 2.08. The zero-order valence-corrected chi connectivity index (χ0v) is 12.6. The lowest BCUT2D eigenvalue weighted by atomic mass is 10.2. The Morgan fingerprint density at radius 1 is 1.57 bits per heavy atom. The number of aryl methyl sites for hydroxylation is 1. The third-order valence-electron chi connectivity index (χ3n) is 3.06. The Morgan fingerprint density at radius 2 is 2.38 bits per heavy atom. The summed E-state index contributed by atoms with van der Waals surface area (Å²) in [5.41, 5.74) is -0.202. The lowest BCUT2D eigenvalue weighted by Crippen LogP contribution is -2.23. The Balaban J connectivity index is 1.90. The van der Waals surface area contributed by atoms with Crippen LogP contribution < -0.4 is 5.69 Å². The van der Waals surface area contributed by atoms with Gasteiger partial charge in [-0.25, -0.2) is 9.59 Å². The van der Waals surface area contributed by atoms with E-state index in [1.807, 2.05) is 0 Å². The third kappa shape index (κ3) is 4.55. The first-order valence-electron chi connectivity index (χ1n) is 6.78.